The van der Waals surface area contributed by atoms with E-state index < -0.39 is 6.61 Å². The van der Waals surface area contributed by atoms with Gasteiger partial charge in [0.1, 0.15) is 0 Å². The van der Waals surface area contributed by atoms with E-state index >= 15 is 0 Å². The van der Waals surface area contributed by atoms with E-state index in [4.69, 9.17) is 4.74 Å². The standard InChI is InChI=1S/C12H14F2O2/c1-8-5-6-10(16-12(13)14)11(7-8)15-9-3-2-4-9/h5-7,9,12H,2-4H2,1H3. The van der Waals surface area contributed by atoms with E-state index in [1.54, 1.807) is 12.1 Å². The molecule has 2 nitrogen and oxygen atoms in total. The fraction of sp³-hybridized carbons (Fsp3) is 0.500. The van der Waals surface area contributed by atoms with Crippen molar-refractivity contribution in [1.29, 1.82) is 0 Å². The van der Waals surface area contributed by atoms with Crippen LogP contribution < -0.4 is 9.47 Å². The first-order chi connectivity index (χ1) is 7.65. The average molecular weight is 228 g/mol. The molecule has 0 unspecified atom stereocenters. The Morgan fingerprint density at radius 3 is 2.56 bits per heavy atom. The second-order valence-electron chi connectivity index (χ2n) is 4.00. The number of alkyl halides is 2. The van der Waals surface area contributed by atoms with E-state index in [2.05, 4.69) is 4.74 Å². The summed E-state index contributed by atoms with van der Waals surface area (Å²) in [7, 11) is 0. The molecule has 0 aromatic heterocycles. The third-order valence-electron chi connectivity index (χ3n) is 2.66. The summed E-state index contributed by atoms with van der Waals surface area (Å²) in [5.74, 6) is 0.539. The minimum absolute atomic E-state index is 0.118. The van der Waals surface area contributed by atoms with E-state index in [9.17, 15) is 8.78 Å². The second kappa shape index (κ2) is 4.68. The van der Waals surface area contributed by atoms with Gasteiger partial charge in [-0.15, -0.1) is 0 Å². The van der Waals surface area contributed by atoms with Gasteiger partial charge in [0.15, 0.2) is 11.5 Å². The van der Waals surface area contributed by atoms with Gasteiger partial charge in [-0.3, -0.25) is 0 Å². The summed E-state index contributed by atoms with van der Waals surface area (Å²) < 4.78 is 34.3. The number of halogens is 2. The van der Waals surface area contributed by atoms with Crippen molar-refractivity contribution in [2.24, 2.45) is 0 Å². The van der Waals surface area contributed by atoms with Crippen LogP contribution in [0, 0.1) is 6.92 Å². The summed E-state index contributed by atoms with van der Waals surface area (Å²) in [5.41, 5.74) is 0.968. The lowest BCUT2D eigenvalue weighted by atomic mass is 9.96. The van der Waals surface area contributed by atoms with Crippen molar-refractivity contribution in [2.45, 2.75) is 38.9 Å². The van der Waals surface area contributed by atoms with Crippen molar-refractivity contribution < 1.29 is 18.3 Å². The Labute approximate surface area is 93.2 Å². The summed E-state index contributed by atoms with van der Waals surface area (Å²) >= 11 is 0. The molecule has 1 aliphatic rings. The van der Waals surface area contributed by atoms with Gasteiger partial charge in [-0.05, 0) is 43.9 Å². The molecule has 88 valence electrons. The topological polar surface area (TPSA) is 18.5 Å². The molecule has 1 saturated carbocycles. The van der Waals surface area contributed by atoms with Crippen LogP contribution in [0.2, 0.25) is 0 Å². The van der Waals surface area contributed by atoms with Crippen LogP contribution in [0.25, 0.3) is 0 Å². The van der Waals surface area contributed by atoms with Gasteiger partial charge in [0.2, 0.25) is 0 Å². The molecule has 1 aliphatic carbocycles. The molecule has 0 aliphatic heterocycles. The number of benzene rings is 1. The van der Waals surface area contributed by atoms with Gasteiger partial charge in [0.25, 0.3) is 0 Å². The zero-order valence-electron chi connectivity index (χ0n) is 9.08. The van der Waals surface area contributed by atoms with Gasteiger partial charge < -0.3 is 9.47 Å². The summed E-state index contributed by atoms with van der Waals surface area (Å²) in [6.45, 7) is -0.925. The predicted octanol–water partition coefficient (Wildman–Crippen LogP) is 3.53. The van der Waals surface area contributed by atoms with Gasteiger partial charge in [0.05, 0.1) is 6.10 Å². The Balaban J connectivity index is 2.14. The van der Waals surface area contributed by atoms with Crippen molar-refractivity contribution in [1.82, 2.24) is 0 Å². The van der Waals surface area contributed by atoms with Crippen LogP contribution in [0.3, 0.4) is 0 Å². The lowest BCUT2D eigenvalue weighted by molar-refractivity contribution is -0.0527. The van der Waals surface area contributed by atoms with Gasteiger partial charge in [-0.1, -0.05) is 6.07 Å². The molecule has 4 heteroatoms. The maximum absolute atomic E-state index is 12.2. The average Bonchev–Trinajstić information content (AvgIpc) is 2.15. The molecule has 0 radical (unpaired) electrons. The largest absolute Gasteiger partial charge is 0.487 e. The van der Waals surface area contributed by atoms with Crippen LogP contribution in [0.15, 0.2) is 18.2 Å². The van der Waals surface area contributed by atoms with Crippen LogP contribution in [-0.4, -0.2) is 12.7 Å². The first-order valence-corrected chi connectivity index (χ1v) is 5.37. The molecule has 0 atom stereocenters. The van der Waals surface area contributed by atoms with E-state index in [1.807, 2.05) is 6.92 Å². The summed E-state index contributed by atoms with van der Waals surface area (Å²) in [6, 6.07) is 4.98. The Hall–Kier alpha value is -1.32. The molecule has 0 N–H and O–H groups in total. The van der Waals surface area contributed by atoms with Crippen LogP contribution in [0.4, 0.5) is 8.78 Å². The van der Waals surface area contributed by atoms with Gasteiger partial charge in [-0.2, -0.15) is 8.78 Å². The third-order valence-corrected chi connectivity index (χ3v) is 2.66. The lowest BCUT2D eigenvalue weighted by Crippen LogP contribution is -2.25. The van der Waals surface area contributed by atoms with E-state index in [-0.39, 0.29) is 11.9 Å². The number of rotatable bonds is 4. The normalized spacial score (nSPS) is 16.0. The molecule has 0 saturated heterocycles. The van der Waals surface area contributed by atoms with Crippen molar-refractivity contribution in [3.05, 3.63) is 23.8 Å². The fourth-order valence-corrected chi connectivity index (χ4v) is 1.57. The minimum atomic E-state index is -2.81. The summed E-state index contributed by atoms with van der Waals surface area (Å²) in [4.78, 5) is 0. The summed E-state index contributed by atoms with van der Waals surface area (Å²) in [5, 5.41) is 0. The number of hydrogen-bond donors (Lipinski definition) is 0. The van der Waals surface area contributed by atoms with Crippen LogP contribution in [-0.2, 0) is 0 Å². The SMILES string of the molecule is Cc1ccc(OC(F)F)c(OC2CCC2)c1. The molecule has 1 aromatic carbocycles. The fourth-order valence-electron chi connectivity index (χ4n) is 1.57. The Morgan fingerprint density at radius 2 is 2.00 bits per heavy atom. The zero-order valence-corrected chi connectivity index (χ0v) is 9.08. The minimum Gasteiger partial charge on any atom is -0.487 e. The smallest absolute Gasteiger partial charge is 0.387 e. The Morgan fingerprint density at radius 1 is 1.25 bits per heavy atom. The van der Waals surface area contributed by atoms with E-state index in [0.29, 0.717) is 5.75 Å². The van der Waals surface area contributed by atoms with Crippen molar-refractivity contribution in [3.8, 4) is 11.5 Å². The molecule has 0 bridgehead atoms. The quantitative estimate of drug-likeness (QED) is 0.784. The second-order valence-corrected chi connectivity index (χ2v) is 4.00. The third kappa shape index (κ3) is 2.62. The molecule has 0 spiro atoms. The highest BCUT2D eigenvalue weighted by atomic mass is 19.3. The first kappa shape index (κ1) is 11.2. The van der Waals surface area contributed by atoms with Gasteiger partial charge in [0, 0.05) is 0 Å². The number of aryl methyl sites for hydroxylation is 1. The molecule has 2 rings (SSSR count). The molecular weight excluding hydrogens is 214 g/mol. The highest BCUT2D eigenvalue weighted by molar-refractivity contribution is 5.42. The van der Waals surface area contributed by atoms with E-state index in [1.165, 1.54) is 6.07 Å². The van der Waals surface area contributed by atoms with E-state index in [0.717, 1.165) is 24.8 Å². The Bertz CT molecular complexity index is 362. The van der Waals surface area contributed by atoms with Crippen LogP contribution in [0.1, 0.15) is 24.8 Å². The maximum Gasteiger partial charge on any atom is 0.387 e. The predicted molar refractivity (Wildman–Crippen MR) is 56.1 cm³/mol. The lowest BCUT2D eigenvalue weighted by Gasteiger charge is -2.27. The molecular formula is C12H14F2O2. The highest BCUT2D eigenvalue weighted by Crippen LogP contribution is 2.33. The molecule has 0 amide bonds. The number of hydrogen-bond acceptors (Lipinski definition) is 2. The van der Waals surface area contributed by atoms with Crippen molar-refractivity contribution in [3.63, 3.8) is 0 Å². The van der Waals surface area contributed by atoms with Crippen LogP contribution in [0.5, 0.6) is 11.5 Å². The molecule has 1 aromatic rings. The first-order valence-electron chi connectivity index (χ1n) is 5.37. The zero-order chi connectivity index (χ0) is 11.5. The Kier molecular flexibility index (Phi) is 3.27. The molecule has 16 heavy (non-hydrogen) atoms. The number of ether oxygens (including phenoxy) is 2. The van der Waals surface area contributed by atoms with Gasteiger partial charge in [-0.25, -0.2) is 0 Å². The monoisotopic (exact) mass is 228 g/mol. The summed E-state index contributed by atoms with van der Waals surface area (Å²) in [6.07, 6.45) is 3.27. The molecule has 0 heterocycles. The molecule has 1 fully saturated rings. The maximum atomic E-state index is 12.2. The van der Waals surface area contributed by atoms with Crippen LogP contribution >= 0.6 is 0 Å². The van der Waals surface area contributed by atoms with Crippen molar-refractivity contribution in [2.75, 3.05) is 0 Å². The van der Waals surface area contributed by atoms with Crippen molar-refractivity contribution >= 4 is 0 Å². The van der Waals surface area contributed by atoms with Gasteiger partial charge >= 0.3 is 6.61 Å². The highest BCUT2D eigenvalue weighted by Gasteiger charge is 2.21.